The maximum absolute atomic E-state index is 6.00. The normalized spacial score (nSPS) is 12.6. The molecule has 2 aromatic rings. The summed E-state index contributed by atoms with van der Waals surface area (Å²) < 4.78 is 5.26. The number of rotatable bonds is 5. The highest BCUT2D eigenvalue weighted by molar-refractivity contribution is 5.98. The third-order valence-electron chi connectivity index (χ3n) is 3.37. The number of aromatic nitrogens is 1. The van der Waals surface area contributed by atoms with E-state index in [4.69, 9.17) is 10.5 Å². The average molecular weight is 259 g/mol. The Morgan fingerprint density at radius 2 is 2.16 bits per heavy atom. The maximum Gasteiger partial charge on any atom is 0.0951 e. The first-order valence-electron chi connectivity index (χ1n) is 6.57. The molecular formula is C15H21N3O. The van der Waals surface area contributed by atoms with E-state index in [0.717, 1.165) is 28.8 Å². The summed E-state index contributed by atoms with van der Waals surface area (Å²) in [6, 6.07) is 8.31. The first-order chi connectivity index (χ1) is 9.19. The van der Waals surface area contributed by atoms with Gasteiger partial charge in [-0.15, -0.1) is 0 Å². The number of ether oxygens (including phenoxy) is 1. The third kappa shape index (κ3) is 2.63. The summed E-state index contributed by atoms with van der Waals surface area (Å²) >= 11 is 0. The molecule has 1 aromatic heterocycles. The Morgan fingerprint density at radius 3 is 2.84 bits per heavy atom. The largest absolute Gasteiger partial charge is 0.397 e. The summed E-state index contributed by atoms with van der Waals surface area (Å²) in [6.45, 7) is 5.91. The van der Waals surface area contributed by atoms with Gasteiger partial charge >= 0.3 is 0 Å². The Labute approximate surface area is 114 Å². The second-order valence-electron chi connectivity index (χ2n) is 4.66. The van der Waals surface area contributed by atoms with Crippen LogP contribution in [-0.2, 0) is 4.74 Å². The molecule has 0 saturated carbocycles. The number of likely N-dealkylation sites (N-methyl/N-ethyl adjacent to an activating group) is 1. The Bertz CT molecular complexity index is 556. The van der Waals surface area contributed by atoms with E-state index >= 15 is 0 Å². The second kappa shape index (κ2) is 5.89. The molecule has 4 nitrogen and oxygen atoms in total. The Morgan fingerprint density at radius 1 is 1.37 bits per heavy atom. The monoisotopic (exact) mass is 259 g/mol. The van der Waals surface area contributed by atoms with Crippen molar-refractivity contribution in [2.24, 2.45) is 0 Å². The topological polar surface area (TPSA) is 51.4 Å². The van der Waals surface area contributed by atoms with E-state index in [-0.39, 0.29) is 0 Å². The minimum absolute atomic E-state index is 0.307. The number of nitrogens with zero attached hydrogens (tertiary/aromatic N) is 2. The summed E-state index contributed by atoms with van der Waals surface area (Å²) in [7, 11) is 1.73. The standard InChI is InChI=1S/C15H21N3O/c1-4-18(11(2)10-19-3)14-8-7-13(16)15-12(14)6-5-9-17-15/h5-9,11H,4,10,16H2,1-3H3. The summed E-state index contributed by atoms with van der Waals surface area (Å²) in [5, 5.41) is 1.09. The van der Waals surface area contributed by atoms with Gasteiger partial charge < -0.3 is 15.4 Å². The highest BCUT2D eigenvalue weighted by atomic mass is 16.5. The lowest BCUT2D eigenvalue weighted by atomic mass is 10.1. The van der Waals surface area contributed by atoms with Crippen LogP contribution in [0, 0.1) is 0 Å². The zero-order valence-corrected chi connectivity index (χ0v) is 11.8. The molecule has 4 heteroatoms. The van der Waals surface area contributed by atoms with Gasteiger partial charge in [0.25, 0.3) is 0 Å². The van der Waals surface area contributed by atoms with Crippen molar-refractivity contribution in [2.75, 3.05) is 30.9 Å². The zero-order valence-electron chi connectivity index (χ0n) is 11.8. The molecular weight excluding hydrogens is 238 g/mol. The van der Waals surface area contributed by atoms with Gasteiger partial charge in [0, 0.05) is 37.0 Å². The van der Waals surface area contributed by atoms with Gasteiger partial charge in [-0.2, -0.15) is 0 Å². The predicted molar refractivity (Wildman–Crippen MR) is 80.5 cm³/mol. The lowest BCUT2D eigenvalue weighted by Gasteiger charge is -2.30. The fraction of sp³-hybridized carbons (Fsp3) is 0.400. The number of methoxy groups -OCH3 is 1. The molecule has 2 N–H and O–H groups in total. The summed E-state index contributed by atoms with van der Waals surface area (Å²) in [6.07, 6.45) is 1.78. The van der Waals surface area contributed by atoms with Gasteiger partial charge in [0.15, 0.2) is 0 Å². The van der Waals surface area contributed by atoms with Crippen LogP contribution in [0.5, 0.6) is 0 Å². The van der Waals surface area contributed by atoms with Crippen LogP contribution in [0.15, 0.2) is 30.5 Å². The van der Waals surface area contributed by atoms with Crippen molar-refractivity contribution in [1.29, 1.82) is 0 Å². The van der Waals surface area contributed by atoms with E-state index in [9.17, 15) is 0 Å². The molecule has 0 bridgehead atoms. The van der Waals surface area contributed by atoms with Crippen LogP contribution >= 0.6 is 0 Å². The second-order valence-corrected chi connectivity index (χ2v) is 4.66. The van der Waals surface area contributed by atoms with E-state index in [1.807, 2.05) is 12.1 Å². The molecule has 102 valence electrons. The number of hydrogen-bond donors (Lipinski definition) is 1. The molecule has 0 amide bonds. The van der Waals surface area contributed by atoms with E-state index < -0.39 is 0 Å². The van der Waals surface area contributed by atoms with E-state index in [2.05, 4.69) is 35.9 Å². The number of pyridine rings is 1. The fourth-order valence-corrected chi connectivity index (χ4v) is 2.48. The van der Waals surface area contributed by atoms with Crippen LogP contribution in [0.4, 0.5) is 11.4 Å². The van der Waals surface area contributed by atoms with E-state index in [0.29, 0.717) is 12.6 Å². The highest BCUT2D eigenvalue weighted by Crippen LogP contribution is 2.30. The molecule has 2 rings (SSSR count). The lowest BCUT2D eigenvalue weighted by molar-refractivity contribution is 0.182. The van der Waals surface area contributed by atoms with Crippen LogP contribution in [0.3, 0.4) is 0 Å². The fourth-order valence-electron chi connectivity index (χ4n) is 2.48. The van der Waals surface area contributed by atoms with Crippen molar-refractivity contribution >= 4 is 22.3 Å². The van der Waals surface area contributed by atoms with Crippen LogP contribution in [0.25, 0.3) is 10.9 Å². The van der Waals surface area contributed by atoms with Gasteiger partial charge in [0.1, 0.15) is 0 Å². The SMILES string of the molecule is CCN(c1ccc(N)c2ncccc12)C(C)COC. The molecule has 0 aliphatic heterocycles. The van der Waals surface area contributed by atoms with Crippen molar-refractivity contribution < 1.29 is 4.74 Å². The van der Waals surface area contributed by atoms with Gasteiger partial charge in [0.05, 0.1) is 17.8 Å². The number of benzene rings is 1. The van der Waals surface area contributed by atoms with Crippen LogP contribution in [-0.4, -0.2) is 31.3 Å². The Kier molecular flexibility index (Phi) is 4.22. The van der Waals surface area contributed by atoms with Crippen LogP contribution in [0.2, 0.25) is 0 Å². The molecule has 0 fully saturated rings. The van der Waals surface area contributed by atoms with Gasteiger partial charge in [-0.1, -0.05) is 0 Å². The summed E-state index contributed by atoms with van der Waals surface area (Å²) in [5.41, 5.74) is 8.73. The van der Waals surface area contributed by atoms with Crippen molar-refractivity contribution in [3.63, 3.8) is 0 Å². The van der Waals surface area contributed by atoms with Gasteiger partial charge in [-0.05, 0) is 38.1 Å². The molecule has 0 aliphatic carbocycles. The minimum atomic E-state index is 0.307. The molecule has 1 heterocycles. The van der Waals surface area contributed by atoms with Crippen molar-refractivity contribution in [3.8, 4) is 0 Å². The molecule has 0 spiro atoms. The maximum atomic E-state index is 6.00. The van der Waals surface area contributed by atoms with Gasteiger partial charge in [-0.3, -0.25) is 4.98 Å². The van der Waals surface area contributed by atoms with Gasteiger partial charge in [-0.25, -0.2) is 0 Å². The lowest BCUT2D eigenvalue weighted by Crippen LogP contribution is -2.36. The molecule has 1 aromatic carbocycles. The number of nitrogens with two attached hydrogens (primary N) is 1. The Balaban J connectivity index is 2.52. The van der Waals surface area contributed by atoms with Crippen LogP contribution in [0.1, 0.15) is 13.8 Å². The predicted octanol–water partition coefficient (Wildman–Crippen LogP) is 2.68. The number of anilines is 2. The highest BCUT2D eigenvalue weighted by Gasteiger charge is 2.16. The third-order valence-corrected chi connectivity index (χ3v) is 3.37. The molecule has 1 unspecified atom stereocenters. The number of fused-ring (bicyclic) bond motifs is 1. The summed E-state index contributed by atoms with van der Waals surface area (Å²) in [5.74, 6) is 0. The molecule has 0 radical (unpaired) electrons. The van der Waals surface area contributed by atoms with Crippen molar-refractivity contribution in [2.45, 2.75) is 19.9 Å². The molecule has 1 atom stereocenters. The van der Waals surface area contributed by atoms with E-state index in [1.165, 1.54) is 0 Å². The summed E-state index contributed by atoms with van der Waals surface area (Å²) in [4.78, 5) is 6.69. The van der Waals surface area contributed by atoms with Crippen molar-refractivity contribution in [3.05, 3.63) is 30.5 Å². The van der Waals surface area contributed by atoms with Gasteiger partial charge in [0.2, 0.25) is 0 Å². The quantitative estimate of drug-likeness (QED) is 0.839. The smallest absolute Gasteiger partial charge is 0.0951 e. The Hall–Kier alpha value is -1.81. The zero-order chi connectivity index (χ0) is 13.8. The average Bonchev–Trinajstić information content (AvgIpc) is 2.43. The first-order valence-corrected chi connectivity index (χ1v) is 6.57. The van der Waals surface area contributed by atoms with Crippen molar-refractivity contribution in [1.82, 2.24) is 4.98 Å². The molecule has 19 heavy (non-hydrogen) atoms. The molecule has 0 saturated heterocycles. The number of hydrogen-bond acceptors (Lipinski definition) is 4. The first kappa shape index (κ1) is 13.6. The number of nitrogen functional groups attached to an aromatic ring is 1. The molecule has 0 aliphatic rings. The van der Waals surface area contributed by atoms with Crippen LogP contribution < -0.4 is 10.6 Å². The van der Waals surface area contributed by atoms with E-state index in [1.54, 1.807) is 13.3 Å². The minimum Gasteiger partial charge on any atom is -0.397 e.